The molecule has 3 N–H and O–H groups in total. The third-order valence-corrected chi connectivity index (χ3v) is 7.43. The van der Waals surface area contributed by atoms with E-state index in [1.54, 1.807) is 0 Å². The Morgan fingerprint density at radius 1 is 1.14 bits per heavy atom. The lowest BCUT2D eigenvalue weighted by molar-refractivity contribution is -0.121. The highest BCUT2D eigenvalue weighted by Crippen LogP contribution is 2.34. The normalized spacial score (nSPS) is 21.5. The molecule has 8 nitrogen and oxygen atoms in total. The molecule has 0 spiro atoms. The van der Waals surface area contributed by atoms with E-state index in [9.17, 15) is 23.2 Å². The van der Waals surface area contributed by atoms with E-state index in [0.29, 0.717) is 44.4 Å². The first kappa shape index (κ1) is 27.2. The van der Waals surface area contributed by atoms with Crippen molar-refractivity contribution in [2.75, 3.05) is 18.5 Å². The Bertz CT molecular complexity index is 1100. The van der Waals surface area contributed by atoms with Gasteiger partial charge in [-0.25, -0.2) is 13.8 Å². The molecule has 2 aliphatic rings. The number of halogens is 3. The number of hydrogen-bond acceptors (Lipinski definition) is 5. The number of rotatable bonds is 10. The summed E-state index contributed by atoms with van der Waals surface area (Å²) >= 11 is 5.87. The molecule has 2 heterocycles. The van der Waals surface area contributed by atoms with Crippen LogP contribution in [0, 0.1) is 23.5 Å². The van der Waals surface area contributed by atoms with Crippen LogP contribution in [0.3, 0.4) is 0 Å². The Morgan fingerprint density at radius 3 is 2.62 bits per heavy atom. The number of benzene rings is 1. The van der Waals surface area contributed by atoms with Crippen LogP contribution in [0.4, 0.5) is 14.5 Å². The van der Waals surface area contributed by atoms with Crippen LogP contribution in [-0.4, -0.2) is 46.8 Å². The number of H-pyrrole nitrogens is 1. The van der Waals surface area contributed by atoms with Crippen LogP contribution >= 0.6 is 11.6 Å². The van der Waals surface area contributed by atoms with Crippen molar-refractivity contribution in [1.82, 2.24) is 15.3 Å². The molecule has 1 aliphatic heterocycles. The fourth-order valence-corrected chi connectivity index (χ4v) is 5.29. The standard InChI is InChI=1S/C26H31ClF2N4O4/c27-19-11-17(28)12-20(29)22(19)33-25(35)16-8-6-15(7-9-16)3-1-5-21(34)23-24(32-14-31-23)26(36)30-13-18-4-2-10-37-18/h11-12,14-16,18H,1-10,13H2,(H,30,36)(H,31,32)(H,33,35). The van der Waals surface area contributed by atoms with E-state index < -0.39 is 11.6 Å². The summed E-state index contributed by atoms with van der Waals surface area (Å²) in [7, 11) is 0. The third kappa shape index (κ3) is 7.13. The molecule has 1 unspecified atom stereocenters. The Morgan fingerprint density at radius 2 is 1.92 bits per heavy atom. The number of ether oxygens (including phenoxy) is 1. The monoisotopic (exact) mass is 536 g/mol. The Balaban J connectivity index is 1.18. The summed E-state index contributed by atoms with van der Waals surface area (Å²) in [6.07, 6.45) is 7.90. The van der Waals surface area contributed by atoms with Gasteiger partial charge >= 0.3 is 0 Å². The fraction of sp³-hybridized carbons (Fsp3) is 0.538. The number of imidazole rings is 1. The maximum absolute atomic E-state index is 14.0. The zero-order valence-electron chi connectivity index (χ0n) is 20.5. The summed E-state index contributed by atoms with van der Waals surface area (Å²) in [5, 5.41) is 5.12. The molecule has 2 fully saturated rings. The number of aromatic nitrogens is 2. The number of aromatic amines is 1. The molecule has 4 rings (SSSR count). The molecule has 1 saturated heterocycles. The molecule has 1 saturated carbocycles. The Hall–Kier alpha value is -2.85. The predicted octanol–water partition coefficient (Wildman–Crippen LogP) is 5.05. The quantitative estimate of drug-likeness (QED) is 0.368. The Labute approximate surface area is 218 Å². The summed E-state index contributed by atoms with van der Waals surface area (Å²) in [6, 6.07) is 1.64. The minimum Gasteiger partial charge on any atom is -0.376 e. The van der Waals surface area contributed by atoms with Gasteiger partial charge in [-0.05, 0) is 56.9 Å². The first-order valence-corrected chi connectivity index (χ1v) is 13.1. The second-order valence-corrected chi connectivity index (χ2v) is 10.1. The van der Waals surface area contributed by atoms with Crippen molar-refractivity contribution in [3.63, 3.8) is 0 Å². The smallest absolute Gasteiger partial charge is 0.270 e. The SMILES string of the molecule is O=C(CCCC1CCC(C(=O)Nc2c(F)cc(F)cc2Cl)CC1)c1nc[nH]c1C(=O)NCC1CCCO1. The van der Waals surface area contributed by atoms with Crippen LogP contribution < -0.4 is 10.6 Å². The number of carbonyl (C=O) groups is 3. The summed E-state index contributed by atoms with van der Waals surface area (Å²) in [5.41, 5.74) is 0.121. The van der Waals surface area contributed by atoms with E-state index in [1.165, 1.54) is 6.33 Å². The summed E-state index contributed by atoms with van der Waals surface area (Å²) < 4.78 is 32.7. The van der Waals surface area contributed by atoms with Gasteiger partial charge in [0.05, 0.1) is 23.1 Å². The number of nitrogens with zero attached hydrogens (tertiary/aromatic N) is 1. The highest BCUT2D eigenvalue weighted by atomic mass is 35.5. The van der Waals surface area contributed by atoms with Gasteiger partial charge in [0.2, 0.25) is 5.91 Å². The van der Waals surface area contributed by atoms with Gasteiger partial charge in [-0.1, -0.05) is 18.0 Å². The van der Waals surface area contributed by atoms with Gasteiger partial charge in [-0.15, -0.1) is 0 Å². The molecule has 11 heteroatoms. The molecule has 2 aromatic rings. The van der Waals surface area contributed by atoms with Crippen molar-refractivity contribution in [1.29, 1.82) is 0 Å². The van der Waals surface area contributed by atoms with Crippen molar-refractivity contribution in [2.45, 2.75) is 63.9 Å². The maximum Gasteiger partial charge on any atom is 0.270 e. The zero-order chi connectivity index (χ0) is 26.4. The maximum atomic E-state index is 14.0. The van der Waals surface area contributed by atoms with Crippen LogP contribution in [0.25, 0.3) is 0 Å². The minimum absolute atomic E-state index is 0.00840. The number of anilines is 1. The minimum atomic E-state index is -0.905. The lowest BCUT2D eigenvalue weighted by Gasteiger charge is -2.28. The summed E-state index contributed by atoms with van der Waals surface area (Å²) in [5.74, 6) is -2.50. The second kappa shape index (κ2) is 12.6. The summed E-state index contributed by atoms with van der Waals surface area (Å²) in [6.45, 7) is 1.10. The number of Topliss-reactive ketones (excluding diaryl/α,β-unsaturated/α-hetero) is 1. The predicted molar refractivity (Wildman–Crippen MR) is 134 cm³/mol. The average Bonchev–Trinajstić information content (AvgIpc) is 3.57. The number of ketones is 1. The van der Waals surface area contributed by atoms with Crippen LogP contribution in [-0.2, 0) is 9.53 Å². The van der Waals surface area contributed by atoms with Crippen molar-refractivity contribution < 1.29 is 27.9 Å². The molecule has 0 bridgehead atoms. The van der Waals surface area contributed by atoms with Crippen molar-refractivity contribution in [3.05, 3.63) is 46.5 Å². The molecule has 200 valence electrons. The number of hydrogen-bond donors (Lipinski definition) is 3. The van der Waals surface area contributed by atoms with E-state index in [0.717, 1.165) is 38.2 Å². The molecular weight excluding hydrogens is 506 g/mol. The van der Waals surface area contributed by atoms with Crippen molar-refractivity contribution in [3.8, 4) is 0 Å². The molecule has 37 heavy (non-hydrogen) atoms. The first-order valence-electron chi connectivity index (χ1n) is 12.7. The van der Waals surface area contributed by atoms with Gasteiger partial charge in [-0.2, -0.15) is 0 Å². The van der Waals surface area contributed by atoms with Gasteiger partial charge in [0, 0.05) is 31.6 Å². The van der Waals surface area contributed by atoms with E-state index in [2.05, 4.69) is 20.6 Å². The van der Waals surface area contributed by atoms with Crippen LogP contribution in [0.15, 0.2) is 18.5 Å². The average molecular weight is 537 g/mol. The lowest BCUT2D eigenvalue weighted by Crippen LogP contribution is -2.32. The molecule has 1 atom stereocenters. The Kier molecular flexibility index (Phi) is 9.26. The molecule has 1 aromatic heterocycles. The zero-order valence-corrected chi connectivity index (χ0v) is 21.2. The van der Waals surface area contributed by atoms with Gasteiger partial charge in [0.15, 0.2) is 11.6 Å². The van der Waals surface area contributed by atoms with Gasteiger partial charge in [0.1, 0.15) is 17.2 Å². The topological polar surface area (TPSA) is 113 Å². The fourth-order valence-electron chi connectivity index (χ4n) is 5.05. The van der Waals surface area contributed by atoms with Crippen LogP contribution in [0.1, 0.15) is 78.8 Å². The molecule has 2 amide bonds. The molecule has 0 radical (unpaired) electrons. The first-order chi connectivity index (χ1) is 17.8. The number of amides is 2. The number of nitrogens with one attached hydrogen (secondary N) is 3. The summed E-state index contributed by atoms with van der Waals surface area (Å²) in [4.78, 5) is 44.6. The molecule has 1 aliphatic carbocycles. The molecular formula is C26H31ClF2N4O4. The lowest BCUT2D eigenvalue weighted by atomic mass is 9.79. The van der Waals surface area contributed by atoms with E-state index in [1.807, 2.05) is 0 Å². The second-order valence-electron chi connectivity index (χ2n) is 9.74. The third-order valence-electron chi connectivity index (χ3n) is 7.13. The van der Waals surface area contributed by atoms with Gasteiger partial charge in [0.25, 0.3) is 5.91 Å². The van der Waals surface area contributed by atoms with Gasteiger partial charge in [-0.3, -0.25) is 14.4 Å². The molecule has 1 aromatic carbocycles. The van der Waals surface area contributed by atoms with Crippen molar-refractivity contribution >= 4 is 34.9 Å². The number of carbonyl (C=O) groups excluding carboxylic acids is 3. The van der Waals surface area contributed by atoms with Crippen molar-refractivity contribution in [2.24, 2.45) is 11.8 Å². The largest absolute Gasteiger partial charge is 0.376 e. The van der Waals surface area contributed by atoms with Gasteiger partial charge < -0.3 is 20.4 Å². The van der Waals surface area contributed by atoms with Crippen LogP contribution in [0.5, 0.6) is 0 Å². The van der Waals surface area contributed by atoms with E-state index in [-0.39, 0.29) is 58.1 Å². The highest BCUT2D eigenvalue weighted by Gasteiger charge is 2.28. The van der Waals surface area contributed by atoms with Crippen LogP contribution in [0.2, 0.25) is 5.02 Å². The van der Waals surface area contributed by atoms with E-state index >= 15 is 0 Å². The highest BCUT2D eigenvalue weighted by molar-refractivity contribution is 6.33. The van der Waals surface area contributed by atoms with E-state index in [4.69, 9.17) is 16.3 Å².